The molecule has 2 aromatic carbocycles. The molecular formula is C27H26FN5O3S2. The molecule has 1 N–H and O–H groups in total. The Bertz CT molecular complexity index is 1520. The van der Waals surface area contributed by atoms with E-state index < -0.39 is 11.9 Å². The van der Waals surface area contributed by atoms with E-state index in [9.17, 15) is 14.0 Å². The van der Waals surface area contributed by atoms with E-state index in [4.69, 9.17) is 4.74 Å². The minimum absolute atomic E-state index is 0.0687. The highest BCUT2D eigenvalue weighted by atomic mass is 32.1. The van der Waals surface area contributed by atoms with Gasteiger partial charge < -0.3 is 19.9 Å². The summed E-state index contributed by atoms with van der Waals surface area (Å²) in [6.45, 7) is 0.268. The Kier molecular flexibility index (Phi) is 6.48. The van der Waals surface area contributed by atoms with Crippen molar-refractivity contribution in [3.05, 3.63) is 59.5 Å². The van der Waals surface area contributed by atoms with Crippen LogP contribution in [-0.4, -0.2) is 59.6 Å². The Hall–Kier alpha value is -3.57. The molecule has 2 aromatic heterocycles. The first kappa shape index (κ1) is 24.7. The summed E-state index contributed by atoms with van der Waals surface area (Å²) in [5, 5.41) is 3.50. The molecule has 1 saturated heterocycles. The normalized spacial score (nSPS) is 20.2. The number of anilines is 1. The van der Waals surface area contributed by atoms with Crippen molar-refractivity contribution in [1.82, 2.24) is 20.2 Å². The molecule has 4 aromatic rings. The van der Waals surface area contributed by atoms with Gasteiger partial charge >= 0.3 is 6.09 Å². The number of hydrogen-bond donors (Lipinski definition) is 1. The first-order valence-electron chi connectivity index (χ1n) is 12.4. The van der Waals surface area contributed by atoms with Crippen LogP contribution in [0.15, 0.2) is 48.0 Å². The molecule has 1 saturated carbocycles. The summed E-state index contributed by atoms with van der Waals surface area (Å²) in [6, 6.07) is 11.7. The molecule has 0 spiro atoms. The molecule has 2 bridgehead atoms. The van der Waals surface area contributed by atoms with Crippen LogP contribution >= 0.6 is 22.7 Å². The van der Waals surface area contributed by atoms with Gasteiger partial charge in [-0.15, -0.1) is 11.3 Å². The van der Waals surface area contributed by atoms with Crippen molar-refractivity contribution in [3.8, 4) is 16.2 Å². The number of benzene rings is 2. The van der Waals surface area contributed by atoms with Gasteiger partial charge in [-0.2, -0.15) is 0 Å². The van der Waals surface area contributed by atoms with Crippen molar-refractivity contribution >= 4 is 50.0 Å². The summed E-state index contributed by atoms with van der Waals surface area (Å²) in [5.41, 5.74) is 3.10. The van der Waals surface area contributed by atoms with Gasteiger partial charge in [-0.1, -0.05) is 35.6 Å². The average Bonchev–Trinajstić information content (AvgIpc) is 3.70. The van der Waals surface area contributed by atoms with E-state index in [2.05, 4.69) is 15.3 Å². The van der Waals surface area contributed by atoms with Crippen molar-refractivity contribution in [1.29, 1.82) is 0 Å². The van der Waals surface area contributed by atoms with Crippen molar-refractivity contribution in [2.45, 2.75) is 31.3 Å². The van der Waals surface area contributed by atoms with Crippen molar-refractivity contribution in [2.75, 3.05) is 25.5 Å². The predicted molar refractivity (Wildman–Crippen MR) is 147 cm³/mol. The number of rotatable bonds is 6. The fraction of sp³-hybridized carbons (Fsp3) is 0.333. The maximum Gasteiger partial charge on any atom is 0.412 e. The molecule has 6 rings (SSSR count). The van der Waals surface area contributed by atoms with Gasteiger partial charge in [0, 0.05) is 32.2 Å². The second-order valence-corrected chi connectivity index (χ2v) is 11.6. The lowest BCUT2D eigenvalue weighted by Crippen LogP contribution is -2.50. The Balaban J connectivity index is 1.24. The zero-order valence-electron chi connectivity index (χ0n) is 20.9. The Morgan fingerprint density at radius 1 is 1.18 bits per heavy atom. The van der Waals surface area contributed by atoms with Gasteiger partial charge in [-0.05, 0) is 43.4 Å². The van der Waals surface area contributed by atoms with Gasteiger partial charge in [-0.25, -0.2) is 19.2 Å². The maximum absolute atomic E-state index is 14.8. The number of carbonyl (C=O) groups is 2. The molecule has 1 aliphatic carbocycles. The molecule has 2 aliphatic rings. The van der Waals surface area contributed by atoms with Crippen molar-refractivity contribution in [2.24, 2.45) is 5.92 Å². The molecule has 3 atom stereocenters. The number of fused-ring (bicyclic) bond motifs is 3. The summed E-state index contributed by atoms with van der Waals surface area (Å²) in [5.74, 6) is 0.111. The van der Waals surface area contributed by atoms with Gasteiger partial charge in [0.05, 0.1) is 26.6 Å². The minimum atomic E-state index is -0.573. The Labute approximate surface area is 227 Å². The number of nitrogens with one attached hydrogen (secondary N) is 1. The van der Waals surface area contributed by atoms with E-state index in [1.807, 2.05) is 30.0 Å². The summed E-state index contributed by atoms with van der Waals surface area (Å²) >= 11 is 2.71. The third kappa shape index (κ3) is 4.39. The topological polar surface area (TPSA) is 87.7 Å². The van der Waals surface area contributed by atoms with E-state index in [-0.39, 0.29) is 36.1 Å². The van der Waals surface area contributed by atoms with Crippen molar-refractivity contribution in [3.63, 3.8) is 0 Å². The van der Waals surface area contributed by atoms with Gasteiger partial charge in [0.1, 0.15) is 11.5 Å². The zero-order chi connectivity index (χ0) is 26.4. The van der Waals surface area contributed by atoms with Crippen LogP contribution in [0.2, 0.25) is 0 Å². The molecule has 0 radical (unpaired) electrons. The second kappa shape index (κ2) is 9.95. The van der Waals surface area contributed by atoms with Gasteiger partial charge in [0.25, 0.3) is 5.91 Å². The summed E-state index contributed by atoms with van der Waals surface area (Å²) in [7, 11) is 3.70. The number of ether oxygens (including phenoxy) is 1. The molecule has 0 unspecified atom stereocenters. The molecule has 3 heterocycles. The molecule has 196 valence electrons. The lowest BCUT2D eigenvalue weighted by atomic mass is 9.98. The molecule has 38 heavy (non-hydrogen) atoms. The van der Waals surface area contributed by atoms with Gasteiger partial charge in [0.15, 0.2) is 10.9 Å². The zero-order valence-corrected chi connectivity index (χ0v) is 22.5. The van der Waals surface area contributed by atoms with E-state index in [1.165, 1.54) is 28.7 Å². The van der Waals surface area contributed by atoms with E-state index in [0.717, 1.165) is 29.5 Å². The fourth-order valence-electron chi connectivity index (χ4n) is 5.53. The SMILES string of the molecule is CN(C)c1nc(C(=O)N2[C@@H]3CC[C@@H](C3)[C@H]2CNC(=O)Oc2cccc3ncsc23)c(-c2ccccc2F)s1. The van der Waals surface area contributed by atoms with Gasteiger partial charge in [-0.3, -0.25) is 4.79 Å². The van der Waals surface area contributed by atoms with Crippen LogP contribution in [-0.2, 0) is 0 Å². The smallest absolute Gasteiger partial charge is 0.409 e. The van der Waals surface area contributed by atoms with E-state index >= 15 is 0 Å². The number of aromatic nitrogens is 2. The van der Waals surface area contributed by atoms with Crippen LogP contribution in [0.4, 0.5) is 14.3 Å². The highest BCUT2D eigenvalue weighted by molar-refractivity contribution is 7.19. The standard InChI is InChI=1S/C27H26FN5O3S2/c1-32(2)26-31-22(23(38-26)17-6-3-4-7-18(17)28)25(34)33-16-11-10-15(12-16)20(33)13-29-27(35)36-21-9-5-8-19-24(21)37-14-30-19/h3-9,14-16,20H,10-13H2,1-2H3,(H,29,35)/t15-,16+,20+/m0/s1. The van der Waals surface area contributed by atoms with Crippen LogP contribution in [0.5, 0.6) is 5.75 Å². The number of piperidine rings is 1. The Morgan fingerprint density at radius 2 is 2.03 bits per heavy atom. The summed E-state index contributed by atoms with van der Waals surface area (Å²) < 4.78 is 21.2. The quantitative estimate of drug-likeness (QED) is 0.345. The third-order valence-electron chi connectivity index (χ3n) is 7.27. The summed E-state index contributed by atoms with van der Waals surface area (Å²) in [6.07, 6.45) is 2.21. The lowest BCUT2D eigenvalue weighted by molar-refractivity contribution is 0.0586. The Morgan fingerprint density at radius 3 is 2.84 bits per heavy atom. The number of nitrogens with zero attached hydrogens (tertiary/aromatic N) is 4. The summed E-state index contributed by atoms with van der Waals surface area (Å²) in [4.78, 5) is 39.8. The second-order valence-electron chi connectivity index (χ2n) is 9.78. The number of thiazole rings is 2. The molecular weight excluding hydrogens is 525 g/mol. The van der Waals surface area contributed by atoms with E-state index in [0.29, 0.717) is 21.3 Å². The molecule has 1 aliphatic heterocycles. The average molecular weight is 552 g/mol. The van der Waals surface area contributed by atoms with Crippen LogP contribution in [0.1, 0.15) is 29.8 Å². The van der Waals surface area contributed by atoms with Gasteiger partial charge in [0.2, 0.25) is 0 Å². The first-order chi connectivity index (χ1) is 18.4. The van der Waals surface area contributed by atoms with E-state index in [1.54, 1.807) is 35.8 Å². The van der Waals surface area contributed by atoms with Crippen molar-refractivity contribution < 1.29 is 18.7 Å². The maximum atomic E-state index is 14.8. The fourth-order valence-corrected chi connectivity index (χ4v) is 7.28. The molecule has 2 amide bonds. The number of carbonyl (C=O) groups excluding carboxylic acids is 2. The molecule has 11 heteroatoms. The molecule has 8 nitrogen and oxygen atoms in total. The number of amides is 2. The minimum Gasteiger partial charge on any atom is -0.409 e. The lowest BCUT2D eigenvalue weighted by Gasteiger charge is -2.35. The monoisotopic (exact) mass is 551 g/mol. The highest BCUT2D eigenvalue weighted by Gasteiger charge is 2.49. The van der Waals surface area contributed by atoms with Crippen LogP contribution < -0.4 is 15.0 Å². The van der Waals surface area contributed by atoms with Crippen LogP contribution in [0.3, 0.4) is 0 Å². The number of halogens is 1. The number of likely N-dealkylation sites (tertiary alicyclic amines) is 1. The highest BCUT2D eigenvalue weighted by Crippen LogP contribution is 2.45. The van der Waals surface area contributed by atoms with Crippen LogP contribution in [0.25, 0.3) is 20.7 Å². The molecule has 2 fully saturated rings. The largest absolute Gasteiger partial charge is 0.412 e. The number of hydrogen-bond acceptors (Lipinski definition) is 8. The predicted octanol–water partition coefficient (Wildman–Crippen LogP) is 5.41. The van der Waals surface area contributed by atoms with Crippen LogP contribution in [0, 0.1) is 11.7 Å². The first-order valence-corrected chi connectivity index (χ1v) is 14.1. The third-order valence-corrected chi connectivity index (χ3v) is 9.39.